The quantitative estimate of drug-likeness (QED) is 0.282. The maximum absolute atomic E-state index is 11.6. The smallest absolute Gasteiger partial charge is 0.335 e. The minimum absolute atomic E-state index is 0.0152. The molecule has 1 saturated carbocycles. The van der Waals surface area contributed by atoms with Crippen LogP contribution in [0.1, 0.15) is 12.8 Å². The summed E-state index contributed by atoms with van der Waals surface area (Å²) in [6.07, 6.45) is 6.99. The maximum Gasteiger partial charge on any atom is 0.335 e. The second-order valence-corrected chi connectivity index (χ2v) is 3.81. The molecule has 0 radical (unpaired) electrons. The number of hydrogen-bond acceptors (Lipinski definition) is 4. The zero-order chi connectivity index (χ0) is 10.2. The number of aliphatic imine (C=N–C) groups is 1. The van der Waals surface area contributed by atoms with Crippen molar-refractivity contribution in [3.8, 4) is 0 Å². The molecule has 4 heteroatoms. The number of nitrogens with zero attached hydrogens (tertiary/aromatic N) is 1. The van der Waals surface area contributed by atoms with Gasteiger partial charge in [0, 0.05) is 5.92 Å². The highest BCUT2D eigenvalue weighted by atomic mass is 16.5. The molecule has 14 heavy (non-hydrogen) atoms. The summed E-state index contributed by atoms with van der Waals surface area (Å²) in [5, 5.41) is 0. The van der Waals surface area contributed by atoms with Gasteiger partial charge >= 0.3 is 5.97 Å². The zero-order valence-corrected chi connectivity index (χ0v) is 7.90. The molecule has 2 rings (SSSR count). The second-order valence-electron chi connectivity index (χ2n) is 3.81. The molecule has 0 N–H and O–H groups in total. The normalized spacial score (nSPS) is 38.1. The van der Waals surface area contributed by atoms with Crippen LogP contribution >= 0.6 is 0 Å². The lowest BCUT2D eigenvalue weighted by atomic mass is 9.85. The van der Waals surface area contributed by atoms with E-state index in [0.717, 1.165) is 6.42 Å². The Hall–Kier alpha value is -1.41. The molecule has 1 fully saturated rings. The molecular formula is C10H11NO3. The second kappa shape index (κ2) is 3.07. The first-order chi connectivity index (χ1) is 6.73. The molecule has 3 atom stereocenters. The Morgan fingerprint density at radius 3 is 2.86 bits per heavy atom. The third-order valence-electron chi connectivity index (χ3n) is 3.14. The average Bonchev–Trinajstić information content (AvgIpc) is 2.77. The van der Waals surface area contributed by atoms with Crippen LogP contribution < -0.4 is 0 Å². The van der Waals surface area contributed by atoms with Crippen LogP contribution in [0.2, 0.25) is 0 Å². The van der Waals surface area contributed by atoms with Crippen LogP contribution in [0.5, 0.6) is 0 Å². The summed E-state index contributed by atoms with van der Waals surface area (Å²) >= 11 is 0. The van der Waals surface area contributed by atoms with E-state index in [9.17, 15) is 9.59 Å². The third kappa shape index (κ3) is 1.04. The Bertz CT molecular complexity index is 343. The number of methoxy groups -OCH3 is 1. The molecule has 0 aliphatic heterocycles. The van der Waals surface area contributed by atoms with Gasteiger partial charge < -0.3 is 4.74 Å². The molecule has 2 aliphatic carbocycles. The van der Waals surface area contributed by atoms with E-state index >= 15 is 0 Å². The Labute approximate surface area is 81.7 Å². The van der Waals surface area contributed by atoms with E-state index in [1.807, 2.05) is 6.08 Å². The minimum atomic E-state index is -0.976. The first-order valence-corrected chi connectivity index (χ1v) is 4.58. The molecule has 0 amide bonds. The van der Waals surface area contributed by atoms with Crippen molar-refractivity contribution in [2.24, 2.45) is 16.8 Å². The molecule has 2 aliphatic rings. The average molecular weight is 193 g/mol. The summed E-state index contributed by atoms with van der Waals surface area (Å²) < 4.78 is 4.70. The summed E-state index contributed by atoms with van der Waals surface area (Å²) in [6.45, 7) is 0. The summed E-state index contributed by atoms with van der Waals surface area (Å²) in [5.41, 5.74) is -0.976. The van der Waals surface area contributed by atoms with Crippen LogP contribution in [0.15, 0.2) is 17.1 Å². The lowest BCUT2D eigenvalue weighted by Crippen LogP contribution is -2.41. The van der Waals surface area contributed by atoms with Crippen LogP contribution in [-0.2, 0) is 14.3 Å². The van der Waals surface area contributed by atoms with Crippen LogP contribution in [-0.4, -0.2) is 24.7 Å². The lowest BCUT2D eigenvalue weighted by Gasteiger charge is -2.26. The number of ether oxygens (including phenoxy) is 1. The monoisotopic (exact) mass is 193 g/mol. The number of hydrogen-bond donors (Lipinski definition) is 0. The maximum atomic E-state index is 11.6. The van der Waals surface area contributed by atoms with Gasteiger partial charge in [0.05, 0.1) is 7.11 Å². The fraction of sp³-hybridized carbons (Fsp3) is 0.600. The van der Waals surface area contributed by atoms with Crippen LogP contribution in [0.4, 0.5) is 0 Å². The highest BCUT2D eigenvalue weighted by molar-refractivity contribution is 5.84. The number of carbonyl (C=O) groups excluding carboxylic acids is 2. The lowest BCUT2D eigenvalue weighted by molar-refractivity contribution is -0.147. The number of rotatable bonds is 2. The standard InChI is InChI=1S/C10H11NO3/c1-14-9(13)10(11-6-12)5-7-2-3-8(10)4-7/h2-3,7-8H,4-5H2,1H3. The molecule has 0 spiro atoms. The zero-order valence-electron chi connectivity index (χ0n) is 7.90. The van der Waals surface area contributed by atoms with Gasteiger partial charge in [0.2, 0.25) is 6.08 Å². The molecule has 0 aromatic carbocycles. The third-order valence-corrected chi connectivity index (χ3v) is 3.14. The highest BCUT2D eigenvalue weighted by Crippen LogP contribution is 2.48. The molecule has 4 nitrogen and oxygen atoms in total. The highest BCUT2D eigenvalue weighted by Gasteiger charge is 2.55. The fourth-order valence-electron chi connectivity index (χ4n) is 2.50. The first-order valence-electron chi connectivity index (χ1n) is 4.58. The van der Waals surface area contributed by atoms with E-state index in [-0.39, 0.29) is 5.92 Å². The van der Waals surface area contributed by atoms with Crippen LogP contribution in [0, 0.1) is 11.8 Å². The number of allylic oxidation sites excluding steroid dienone is 1. The summed E-state index contributed by atoms with van der Waals surface area (Å²) in [6, 6.07) is 0. The van der Waals surface area contributed by atoms with Gasteiger partial charge in [0.15, 0.2) is 5.54 Å². The van der Waals surface area contributed by atoms with E-state index < -0.39 is 11.5 Å². The van der Waals surface area contributed by atoms with E-state index in [1.54, 1.807) is 0 Å². The van der Waals surface area contributed by atoms with E-state index in [2.05, 4.69) is 11.1 Å². The van der Waals surface area contributed by atoms with E-state index in [0.29, 0.717) is 12.3 Å². The van der Waals surface area contributed by atoms with Crippen molar-refractivity contribution in [3.63, 3.8) is 0 Å². The number of fused-ring (bicyclic) bond motifs is 2. The molecule has 0 heterocycles. The van der Waals surface area contributed by atoms with Crippen molar-refractivity contribution in [1.82, 2.24) is 0 Å². The van der Waals surface area contributed by atoms with Gasteiger partial charge in [-0.15, -0.1) is 0 Å². The van der Waals surface area contributed by atoms with Crippen molar-refractivity contribution < 1.29 is 14.3 Å². The summed E-state index contributed by atoms with van der Waals surface area (Å²) in [7, 11) is 1.32. The number of esters is 1. The Morgan fingerprint density at radius 1 is 1.64 bits per heavy atom. The predicted octanol–water partition coefficient (Wildman–Crippen LogP) is 0.830. The van der Waals surface area contributed by atoms with Gasteiger partial charge in [0.1, 0.15) is 0 Å². The molecule has 3 unspecified atom stereocenters. The Morgan fingerprint density at radius 2 is 2.43 bits per heavy atom. The number of carbonyl (C=O) groups is 1. The topological polar surface area (TPSA) is 55.7 Å². The van der Waals surface area contributed by atoms with Crippen molar-refractivity contribution in [2.75, 3.05) is 7.11 Å². The minimum Gasteiger partial charge on any atom is -0.467 e. The van der Waals surface area contributed by atoms with Gasteiger partial charge in [-0.05, 0) is 18.8 Å². The number of isocyanates is 1. The van der Waals surface area contributed by atoms with E-state index in [1.165, 1.54) is 13.2 Å². The molecule has 74 valence electrons. The van der Waals surface area contributed by atoms with Gasteiger partial charge in [-0.25, -0.2) is 9.59 Å². The summed E-state index contributed by atoms with van der Waals surface area (Å²) in [4.78, 5) is 25.6. The molecule has 0 aromatic rings. The fourth-order valence-corrected chi connectivity index (χ4v) is 2.50. The van der Waals surface area contributed by atoms with Gasteiger partial charge in [-0.2, -0.15) is 4.99 Å². The largest absolute Gasteiger partial charge is 0.467 e. The Balaban J connectivity index is 2.38. The van der Waals surface area contributed by atoms with Crippen LogP contribution in [0.25, 0.3) is 0 Å². The van der Waals surface area contributed by atoms with Gasteiger partial charge in [-0.3, -0.25) is 0 Å². The molecule has 0 aromatic heterocycles. The first kappa shape index (κ1) is 9.16. The molecule has 0 saturated heterocycles. The molecule has 2 bridgehead atoms. The van der Waals surface area contributed by atoms with Crippen molar-refractivity contribution in [1.29, 1.82) is 0 Å². The van der Waals surface area contributed by atoms with Crippen molar-refractivity contribution >= 4 is 12.0 Å². The molecular weight excluding hydrogens is 182 g/mol. The van der Waals surface area contributed by atoms with Gasteiger partial charge in [-0.1, -0.05) is 12.2 Å². The van der Waals surface area contributed by atoms with Crippen LogP contribution in [0.3, 0.4) is 0 Å². The Kier molecular flexibility index (Phi) is 2.01. The van der Waals surface area contributed by atoms with E-state index in [4.69, 9.17) is 4.74 Å². The predicted molar refractivity (Wildman–Crippen MR) is 48.2 cm³/mol. The SMILES string of the molecule is COC(=O)C1(N=C=O)CC2C=CC1C2. The van der Waals surface area contributed by atoms with Gasteiger partial charge in [0.25, 0.3) is 0 Å². The van der Waals surface area contributed by atoms with Crippen molar-refractivity contribution in [3.05, 3.63) is 12.2 Å². The summed E-state index contributed by atoms with van der Waals surface area (Å²) in [5.74, 6) is -0.0460. The van der Waals surface area contributed by atoms with Crippen molar-refractivity contribution in [2.45, 2.75) is 18.4 Å².